The topological polar surface area (TPSA) is 63.6 Å². The largest absolute Gasteiger partial charge is 0.373 e. The SMILES string of the molecule is CNc1cc(C2CCCC2)nc(-c2ncccn2)n1. The first-order valence-corrected chi connectivity index (χ1v) is 6.71. The van der Waals surface area contributed by atoms with E-state index in [2.05, 4.69) is 25.3 Å². The van der Waals surface area contributed by atoms with E-state index in [9.17, 15) is 0 Å². The van der Waals surface area contributed by atoms with Gasteiger partial charge in [0.2, 0.25) is 0 Å². The Balaban J connectivity index is 2.02. The minimum absolute atomic E-state index is 0.553. The molecule has 5 heteroatoms. The van der Waals surface area contributed by atoms with Crippen LogP contribution in [0.25, 0.3) is 11.6 Å². The molecule has 98 valence electrons. The van der Waals surface area contributed by atoms with Gasteiger partial charge in [0.1, 0.15) is 5.82 Å². The number of hydrogen-bond acceptors (Lipinski definition) is 5. The van der Waals surface area contributed by atoms with Crippen molar-refractivity contribution < 1.29 is 0 Å². The maximum absolute atomic E-state index is 4.66. The van der Waals surface area contributed by atoms with Crippen LogP contribution < -0.4 is 5.32 Å². The maximum Gasteiger partial charge on any atom is 0.199 e. The molecule has 0 spiro atoms. The molecule has 0 radical (unpaired) electrons. The molecule has 0 atom stereocenters. The summed E-state index contributed by atoms with van der Waals surface area (Å²) in [6.07, 6.45) is 8.45. The number of hydrogen-bond donors (Lipinski definition) is 1. The summed E-state index contributed by atoms with van der Waals surface area (Å²) in [5, 5.41) is 3.09. The summed E-state index contributed by atoms with van der Waals surface area (Å²) in [6, 6.07) is 3.84. The summed E-state index contributed by atoms with van der Waals surface area (Å²) < 4.78 is 0. The first-order valence-electron chi connectivity index (χ1n) is 6.71. The molecule has 1 fully saturated rings. The van der Waals surface area contributed by atoms with Crippen LogP contribution >= 0.6 is 0 Å². The molecule has 2 heterocycles. The average molecular weight is 255 g/mol. The van der Waals surface area contributed by atoms with Crippen molar-refractivity contribution in [2.45, 2.75) is 31.6 Å². The van der Waals surface area contributed by atoms with Crippen LogP contribution in [0.4, 0.5) is 5.82 Å². The fourth-order valence-corrected chi connectivity index (χ4v) is 2.54. The van der Waals surface area contributed by atoms with Gasteiger partial charge < -0.3 is 5.32 Å². The van der Waals surface area contributed by atoms with Crippen LogP contribution in [0.2, 0.25) is 0 Å². The van der Waals surface area contributed by atoms with Crippen LogP contribution in [0.15, 0.2) is 24.5 Å². The maximum atomic E-state index is 4.66. The molecule has 2 aromatic heterocycles. The Morgan fingerprint density at radius 3 is 2.47 bits per heavy atom. The Morgan fingerprint density at radius 2 is 1.79 bits per heavy atom. The summed E-state index contributed by atoms with van der Waals surface area (Å²) in [7, 11) is 1.87. The number of nitrogens with one attached hydrogen (secondary N) is 1. The van der Waals surface area contributed by atoms with Crippen LogP contribution in [0.5, 0.6) is 0 Å². The first kappa shape index (κ1) is 12.0. The van der Waals surface area contributed by atoms with Crippen LogP contribution in [-0.2, 0) is 0 Å². The third kappa shape index (κ3) is 2.54. The zero-order chi connectivity index (χ0) is 13.1. The van der Waals surface area contributed by atoms with Gasteiger partial charge in [-0.05, 0) is 18.9 Å². The van der Waals surface area contributed by atoms with Gasteiger partial charge in [0.15, 0.2) is 11.6 Å². The molecule has 3 rings (SSSR count). The van der Waals surface area contributed by atoms with Gasteiger partial charge in [0.25, 0.3) is 0 Å². The number of rotatable bonds is 3. The summed E-state index contributed by atoms with van der Waals surface area (Å²) in [5.41, 5.74) is 1.11. The highest BCUT2D eigenvalue weighted by Crippen LogP contribution is 2.34. The second-order valence-electron chi connectivity index (χ2n) is 4.81. The Kier molecular flexibility index (Phi) is 3.35. The molecule has 19 heavy (non-hydrogen) atoms. The summed E-state index contributed by atoms with van der Waals surface area (Å²) in [5.74, 6) is 2.57. The van der Waals surface area contributed by atoms with Crippen molar-refractivity contribution in [1.82, 2.24) is 19.9 Å². The predicted octanol–water partition coefficient (Wildman–Crippen LogP) is 2.63. The lowest BCUT2D eigenvalue weighted by Crippen LogP contribution is -2.05. The molecule has 0 unspecified atom stereocenters. The third-order valence-corrected chi connectivity index (χ3v) is 3.54. The lowest BCUT2D eigenvalue weighted by molar-refractivity contribution is 0.695. The Labute approximate surface area is 112 Å². The van der Waals surface area contributed by atoms with Crippen molar-refractivity contribution in [3.05, 3.63) is 30.2 Å². The van der Waals surface area contributed by atoms with E-state index >= 15 is 0 Å². The van der Waals surface area contributed by atoms with Crippen LogP contribution in [0.3, 0.4) is 0 Å². The van der Waals surface area contributed by atoms with Crippen LogP contribution in [0.1, 0.15) is 37.3 Å². The predicted molar refractivity (Wildman–Crippen MR) is 73.8 cm³/mol. The van der Waals surface area contributed by atoms with Crippen molar-refractivity contribution >= 4 is 5.82 Å². The molecule has 5 nitrogen and oxygen atoms in total. The second kappa shape index (κ2) is 5.30. The zero-order valence-electron chi connectivity index (χ0n) is 11.0. The van der Waals surface area contributed by atoms with Gasteiger partial charge in [-0.3, -0.25) is 0 Å². The van der Waals surface area contributed by atoms with E-state index in [0.29, 0.717) is 17.6 Å². The fraction of sp³-hybridized carbons (Fsp3) is 0.429. The van der Waals surface area contributed by atoms with Gasteiger partial charge in [-0.1, -0.05) is 12.8 Å². The van der Waals surface area contributed by atoms with Crippen LogP contribution in [-0.4, -0.2) is 27.0 Å². The molecule has 0 bridgehead atoms. The molecule has 1 aliphatic rings. The molecule has 0 aliphatic heterocycles. The average Bonchev–Trinajstić information content (AvgIpc) is 3.02. The van der Waals surface area contributed by atoms with E-state index in [1.165, 1.54) is 25.7 Å². The molecule has 0 saturated heterocycles. The lowest BCUT2D eigenvalue weighted by atomic mass is 10.0. The molecule has 0 amide bonds. The molecule has 1 saturated carbocycles. The van der Waals surface area contributed by atoms with E-state index in [4.69, 9.17) is 0 Å². The number of anilines is 1. The van der Waals surface area contributed by atoms with Gasteiger partial charge >= 0.3 is 0 Å². The van der Waals surface area contributed by atoms with E-state index in [0.717, 1.165) is 11.5 Å². The van der Waals surface area contributed by atoms with Crippen molar-refractivity contribution in [3.8, 4) is 11.6 Å². The first-order chi connectivity index (χ1) is 9.36. The van der Waals surface area contributed by atoms with Gasteiger partial charge in [0.05, 0.1) is 0 Å². The highest BCUT2D eigenvalue weighted by Gasteiger charge is 2.20. The highest BCUT2D eigenvalue weighted by atomic mass is 15.0. The van der Waals surface area contributed by atoms with Gasteiger partial charge in [0, 0.05) is 37.1 Å². The standard InChI is InChI=1S/C14H17N5/c1-15-12-9-11(10-5-2-3-6-10)18-14(19-12)13-16-7-4-8-17-13/h4,7-10H,2-3,5-6H2,1H3,(H,15,18,19). The highest BCUT2D eigenvalue weighted by molar-refractivity contribution is 5.49. The number of nitrogens with zero attached hydrogens (tertiary/aromatic N) is 4. The Morgan fingerprint density at radius 1 is 1.05 bits per heavy atom. The van der Waals surface area contributed by atoms with Gasteiger partial charge in [-0.15, -0.1) is 0 Å². The molecular weight excluding hydrogens is 238 g/mol. The molecule has 1 aliphatic carbocycles. The normalized spacial score (nSPS) is 15.6. The zero-order valence-corrected chi connectivity index (χ0v) is 11.0. The monoisotopic (exact) mass is 255 g/mol. The Hall–Kier alpha value is -2.04. The Bertz CT molecular complexity index is 549. The minimum atomic E-state index is 0.553. The smallest absolute Gasteiger partial charge is 0.199 e. The van der Waals surface area contributed by atoms with Gasteiger partial charge in [-0.2, -0.15) is 0 Å². The van der Waals surface area contributed by atoms with E-state index in [1.807, 2.05) is 13.1 Å². The van der Waals surface area contributed by atoms with Crippen molar-refractivity contribution in [2.75, 3.05) is 12.4 Å². The fourth-order valence-electron chi connectivity index (χ4n) is 2.54. The van der Waals surface area contributed by atoms with Crippen molar-refractivity contribution in [3.63, 3.8) is 0 Å². The minimum Gasteiger partial charge on any atom is -0.373 e. The summed E-state index contributed by atoms with van der Waals surface area (Å²) >= 11 is 0. The van der Waals surface area contributed by atoms with E-state index in [-0.39, 0.29) is 0 Å². The van der Waals surface area contributed by atoms with E-state index in [1.54, 1.807) is 18.5 Å². The molecule has 1 N–H and O–H groups in total. The van der Waals surface area contributed by atoms with Gasteiger partial charge in [-0.25, -0.2) is 19.9 Å². The lowest BCUT2D eigenvalue weighted by Gasteiger charge is -2.11. The molecule has 0 aromatic carbocycles. The number of aromatic nitrogens is 4. The van der Waals surface area contributed by atoms with Crippen molar-refractivity contribution in [2.24, 2.45) is 0 Å². The van der Waals surface area contributed by atoms with Crippen LogP contribution in [0, 0.1) is 0 Å². The summed E-state index contributed by atoms with van der Waals surface area (Å²) in [4.78, 5) is 17.6. The second-order valence-corrected chi connectivity index (χ2v) is 4.81. The third-order valence-electron chi connectivity index (χ3n) is 3.54. The summed E-state index contributed by atoms with van der Waals surface area (Å²) in [6.45, 7) is 0. The van der Waals surface area contributed by atoms with E-state index < -0.39 is 0 Å². The molecular formula is C14H17N5. The van der Waals surface area contributed by atoms with Crippen molar-refractivity contribution in [1.29, 1.82) is 0 Å². The molecule has 2 aromatic rings. The quantitative estimate of drug-likeness (QED) is 0.913.